The Labute approximate surface area is 146 Å². The minimum atomic E-state index is -0.144. The molecule has 0 spiro atoms. The Morgan fingerprint density at radius 3 is 2.40 bits per heavy atom. The molecule has 1 aliphatic heterocycles. The topological polar surface area (TPSA) is 35.2 Å². The van der Waals surface area contributed by atoms with E-state index in [2.05, 4.69) is 31.9 Å². The molecule has 1 aliphatic rings. The van der Waals surface area contributed by atoms with E-state index in [0.717, 1.165) is 49.8 Å². The number of aromatic nitrogens is 2. The van der Waals surface area contributed by atoms with Crippen LogP contribution in [0, 0.1) is 5.82 Å². The van der Waals surface area contributed by atoms with E-state index in [1.807, 2.05) is 36.5 Å². The Bertz CT molecular complexity index is 822. The quantitative estimate of drug-likeness (QED) is 0.791. The lowest BCUT2D eigenvalue weighted by Crippen LogP contribution is -2.46. The molecule has 0 saturated carbocycles. The molecule has 4 rings (SSSR count). The lowest BCUT2D eigenvalue weighted by atomic mass is 10.2. The monoisotopic (exact) mass is 336 g/mol. The molecular weight excluding hydrogens is 315 g/mol. The van der Waals surface area contributed by atoms with E-state index in [1.54, 1.807) is 6.07 Å². The van der Waals surface area contributed by atoms with E-state index in [0.29, 0.717) is 5.69 Å². The van der Waals surface area contributed by atoms with Gasteiger partial charge in [0.15, 0.2) is 0 Å². The van der Waals surface area contributed by atoms with Gasteiger partial charge in [0.2, 0.25) is 0 Å². The van der Waals surface area contributed by atoms with E-state index < -0.39 is 0 Å². The molecule has 0 amide bonds. The van der Waals surface area contributed by atoms with Crippen molar-refractivity contribution in [1.82, 2.24) is 14.9 Å². The third kappa shape index (κ3) is 3.56. The lowest BCUT2D eigenvalue weighted by molar-refractivity contribution is 0.244. The van der Waals surface area contributed by atoms with Crippen LogP contribution in [0.2, 0.25) is 0 Å². The average molecular weight is 336 g/mol. The van der Waals surface area contributed by atoms with E-state index in [-0.39, 0.29) is 5.82 Å². The highest BCUT2D eigenvalue weighted by atomic mass is 19.1. The van der Waals surface area contributed by atoms with Gasteiger partial charge in [-0.2, -0.15) is 0 Å². The number of hydrogen-bond acceptors (Lipinski definition) is 3. The van der Waals surface area contributed by atoms with Crippen molar-refractivity contribution in [3.63, 3.8) is 0 Å². The summed E-state index contributed by atoms with van der Waals surface area (Å²) in [6.07, 6.45) is 1.89. The van der Waals surface area contributed by atoms with Crippen molar-refractivity contribution < 1.29 is 4.39 Å². The number of anilines is 1. The van der Waals surface area contributed by atoms with Crippen LogP contribution in [0.3, 0.4) is 0 Å². The van der Waals surface area contributed by atoms with Gasteiger partial charge in [-0.05, 0) is 17.7 Å². The van der Waals surface area contributed by atoms with Crippen molar-refractivity contribution in [3.05, 3.63) is 72.4 Å². The lowest BCUT2D eigenvalue weighted by Gasteiger charge is -2.35. The summed E-state index contributed by atoms with van der Waals surface area (Å²) in [5.41, 5.74) is 2.89. The molecule has 0 bridgehead atoms. The second kappa shape index (κ2) is 7.07. The van der Waals surface area contributed by atoms with E-state index in [4.69, 9.17) is 0 Å². The fourth-order valence-electron chi connectivity index (χ4n) is 3.27. The van der Waals surface area contributed by atoms with Gasteiger partial charge in [-0.1, -0.05) is 42.5 Å². The van der Waals surface area contributed by atoms with E-state index in [1.165, 1.54) is 6.07 Å². The van der Waals surface area contributed by atoms with Crippen LogP contribution in [0.1, 0.15) is 5.82 Å². The molecule has 1 N–H and O–H groups in total. The zero-order chi connectivity index (χ0) is 17.1. The number of benzene rings is 2. The van der Waals surface area contributed by atoms with Crippen LogP contribution in [0.15, 0.2) is 60.8 Å². The number of nitrogens with zero attached hydrogens (tertiary/aromatic N) is 3. The Balaban J connectivity index is 1.36. The largest absolute Gasteiger partial charge is 0.367 e. The summed E-state index contributed by atoms with van der Waals surface area (Å²) in [7, 11) is 0. The van der Waals surface area contributed by atoms with Crippen LogP contribution in [-0.2, 0) is 6.54 Å². The van der Waals surface area contributed by atoms with Crippen LogP contribution < -0.4 is 4.90 Å². The molecular formula is C20H21FN4. The van der Waals surface area contributed by atoms with Gasteiger partial charge in [-0.3, -0.25) is 4.90 Å². The minimum Gasteiger partial charge on any atom is -0.367 e. The molecule has 128 valence electrons. The average Bonchev–Trinajstić information content (AvgIpc) is 3.12. The van der Waals surface area contributed by atoms with Crippen molar-refractivity contribution in [3.8, 4) is 11.3 Å². The second-order valence-corrected chi connectivity index (χ2v) is 6.32. The first-order valence-electron chi connectivity index (χ1n) is 8.61. The second-order valence-electron chi connectivity index (χ2n) is 6.32. The maximum absolute atomic E-state index is 13.9. The highest BCUT2D eigenvalue weighted by molar-refractivity contribution is 5.58. The molecule has 25 heavy (non-hydrogen) atoms. The number of rotatable bonds is 4. The smallest absolute Gasteiger partial charge is 0.146 e. The van der Waals surface area contributed by atoms with Gasteiger partial charge in [-0.15, -0.1) is 0 Å². The normalized spacial score (nSPS) is 15.5. The molecule has 0 atom stereocenters. The Morgan fingerprint density at radius 2 is 1.64 bits per heavy atom. The predicted octanol–water partition coefficient (Wildman–Crippen LogP) is 3.54. The van der Waals surface area contributed by atoms with E-state index in [9.17, 15) is 4.39 Å². The van der Waals surface area contributed by atoms with Gasteiger partial charge < -0.3 is 9.88 Å². The van der Waals surface area contributed by atoms with Gasteiger partial charge >= 0.3 is 0 Å². The van der Waals surface area contributed by atoms with Crippen LogP contribution in [0.4, 0.5) is 10.1 Å². The molecule has 0 radical (unpaired) electrons. The summed E-state index contributed by atoms with van der Waals surface area (Å²) in [5.74, 6) is 0.827. The van der Waals surface area contributed by atoms with Crippen molar-refractivity contribution in [2.45, 2.75) is 6.54 Å². The highest BCUT2D eigenvalue weighted by Crippen LogP contribution is 2.21. The van der Waals surface area contributed by atoms with Crippen molar-refractivity contribution in [2.24, 2.45) is 0 Å². The molecule has 3 aromatic rings. The first kappa shape index (κ1) is 15.8. The number of hydrogen-bond donors (Lipinski definition) is 1. The van der Waals surface area contributed by atoms with E-state index >= 15 is 0 Å². The summed E-state index contributed by atoms with van der Waals surface area (Å²) in [5, 5.41) is 0. The standard InChI is InChI=1S/C20H21FN4/c21-17-8-4-5-9-19(17)25-12-10-24(11-13-25)15-20-22-14-18(23-20)16-6-2-1-3-7-16/h1-9,14H,10-13,15H2,(H,22,23). The van der Waals surface area contributed by atoms with Crippen LogP contribution in [-0.4, -0.2) is 41.0 Å². The fourth-order valence-corrected chi connectivity index (χ4v) is 3.27. The number of halogens is 1. The number of nitrogens with one attached hydrogen (secondary N) is 1. The van der Waals surface area contributed by atoms with Crippen molar-refractivity contribution in [1.29, 1.82) is 0 Å². The van der Waals surface area contributed by atoms with Crippen LogP contribution >= 0.6 is 0 Å². The fraction of sp³-hybridized carbons (Fsp3) is 0.250. The Morgan fingerprint density at radius 1 is 0.920 bits per heavy atom. The van der Waals surface area contributed by atoms with Gasteiger partial charge in [0.25, 0.3) is 0 Å². The predicted molar refractivity (Wildman–Crippen MR) is 97.9 cm³/mol. The summed E-state index contributed by atoms with van der Waals surface area (Å²) in [6, 6.07) is 17.2. The third-order valence-electron chi connectivity index (χ3n) is 4.65. The summed E-state index contributed by atoms with van der Waals surface area (Å²) in [4.78, 5) is 12.4. The number of piperazine rings is 1. The maximum atomic E-state index is 13.9. The molecule has 1 saturated heterocycles. The Hall–Kier alpha value is -2.66. The van der Waals surface area contributed by atoms with Crippen molar-refractivity contribution in [2.75, 3.05) is 31.1 Å². The Kier molecular flexibility index (Phi) is 4.48. The van der Waals surface area contributed by atoms with Crippen molar-refractivity contribution >= 4 is 5.69 Å². The number of para-hydroxylation sites is 1. The molecule has 0 aliphatic carbocycles. The summed E-state index contributed by atoms with van der Waals surface area (Å²) < 4.78 is 13.9. The molecule has 1 aromatic heterocycles. The molecule has 1 fully saturated rings. The molecule has 4 nitrogen and oxygen atoms in total. The molecule has 5 heteroatoms. The first-order chi connectivity index (χ1) is 12.3. The van der Waals surface area contributed by atoms with Gasteiger partial charge in [0, 0.05) is 26.2 Å². The minimum absolute atomic E-state index is 0.144. The van der Waals surface area contributed by atoms with Crippen LogP contribution in [0.25, 0.3) is 11.3 Å². The maximum Gasteiger partial charge on any atom is 0.146 e. The van der Waals surface area contributed by atoms with Gasteiger partial charge in [-0.25, -0.2) is 9.37 Å². The number of H-pyrrole nitrogens is 1. The number of imidazole rings is 1. The molecule has 0 unspecified atom stereocenters. The zero-order valence-corrected chi connectivity index (χ0v) is 14.0. The summed E-state index contributed by atoms with van der Waals surface area (Å²) in [6.45, 7) is 4.24. The molecule has 2 aromatic carbocycles. The van der Waals surface area contributed by atoms with Gasteiger partial charge in [0.05, 0.1) is 24.1 Å². The number of aromatic amines is 1. The molecule has 2 heterocycles. The third-order valence-corrected chi connectivity index (χ3v) is 4.65. The first-order valence-corrected chi connectivity index (χ1v) is 8.61. The zero-order valence-electron chi connectivity index (χ0n) is 14.0. The summed E-state index contributed by atoms with van der Waals surface area (Å²) >= 11 is 0. The SMILES string of the molecule is Fc1ccccc1N1CCN(Cc2ncc(-c3ccccc3)[nH]2)CC1. The van der Waals surface area contributed by atoms with Gasteiger partial charge in [0.1, 0.15) is 11.6 Å². The highest BCUT2D eigenvalue weighted by Gasteiger charge is 2.20. The van der Waals surface area contributed by atoms with Crippen LogP contribution in [0.5, 0.6) is 0 Å².